The van der Waals surface area contributed by atoms with Gasteiger partial charge < -0.3 is 20.9 Å². The molecule has 0 unspecified atom stereocenters. The Labute approximate surface area is 123 Å². The van der Waals surface area contributed by atoms with Crippen LogP contribution >= 0.6 is 0 Å². The van der Waals surface area contributed by atoms with Gasteiger partial charge in [0.05, 0.1) is 18.0 Å². The zero-order chi connectivity index (χ0) is 15.2. The molecule has 4 N–H and O–H groups in total. The number of aliphatic hydroxyl groups excluding tert-OH is 1. The van der Waals surface area contributed by atoms with Gasteiger partial charge in [-0.1, -0.05) is 18.2 Å². The Morgan fingerprint density at radius 2 is 2.10 bits per heavy atom. The highest BCUT2D eigenvalue weighted by Crippen LogP contribution is 2.19. The molecule has 0 bridgehead atoms. The van der Waals surface area contributed by atoms with Crippen LogP contribution in [0.25, 0.3) is 0 Å². The highest BCUT2D eigenvalue weighted by atomic mass is 16.5. The Balaban J connectivity index is 1.92. The standard InChI is InChI=1S/C16H18N2O3/c1-11-5-6-15(14(17)7-11)18-16(20)10-21-13-4-2-3-12(8-13)9-19/h2-8,19H,9-10,17H2,1H3,(H,18,20). The van der Waals surface area contributed by atoms with E-state index in [9.17, 15) is 4.79 Å². The molecule has 5 nitrogen and oxygen atoms in total. The maximum Gasteiger partial charge on any atom is 0.262 e. The molecular formula is C16H18N2O3. The van der Waals surface area contributed by atoms with Gasteiger partial charge in [0, 0.05) is 0 Å². The Kier molecular flexibility index (Phi) is 4.79. The number of ether oxygens (including phenoxy) is 1. The van der Waals surface area contributed by atoms with Crippen molar-refractivity contribution in [1.29, 1.82) is 0 Å². The molecule has 0 spiro atoms. The van der Waals surface area contributed by atoms with Crippen LogP contribution in [0.4, 0.5) is 11.4 Å². The van der Waals surface area contributed by atoms with E-state index in [0.29, 0.717) is 17.1 Å². The Hall–Kier alpha value is -2.53. The lowest BCUT2D eigenvalue weighted by molar-refractivity contribution is -0.118. The third kappa shape index (κ3) is 4.22. The smallest absolute Gasteiger partial charge is 0.262 e. The number of rotatable bonds is 5. The molecule has 0 atom stereocenters. The summed E-state index contributed by atoms with van der Waals surface area (Å²) < 4.78 is 5.38. The van der Waals surface area contributed by atoms with Crippen molar-refractivity contribution in [2.24, 2.45) is 0 Å². The van der Waals surface area contributed by atoms with Crippen molar-refractivity contribution < 1.29 is 14.6 Å². The molecule has 1 amide bonds. The van der Waals surface area contributed by atoms with Crippen LogP contribution in [0.5, 0.6) is 5.75 Å². The zero-order valence-electron chi connectivity index (χ0n) is 11.8. The van der Waals surface area contributed by atoms with Crippen LogP contribution in [0.2, 0.25) is 0 Å². The van der Waals surface area contributed by atoms with Gasteiger partial charge in [-0.2, -0.15) is 0 Å². The average molecular weight is 286 g/mol. The molecule has 2 rings (SSSR count). The molecule has 0 aliphatic rings. The summed E-state index contributed by atoms with van der Waals surface area (Å²) in [5.74, 6) is 0.244. The summed E-state index contributed by atoms with van der Waals surface area (Å²) in [4.78, 5) is 11.8. The Morgan fingerprint density at radius 1 is 1.29 bits per heavy atom. The number of benzene rings is 2. The molecule has 0 heterocycles. The van der Waals surface area contributed by atoms with Gasteiger partial charge in [-0.25, -0.2) is 0 Å². The molecule has 0 aromatic heterocycles. The van der Waals surface area contributed by atoms with Crippen molar-refractivity contribution in [3.05, 3.63) is 53.6 Å². The van der Waals surface area contributed by atoms with Crippen LogP contribution in [-0.2, 0) is 11.4 Å². The lowest BCUT2D eigenvalue weighted by Gasteiger charge is -2.10. The van der Waals surface area contributed by atoms with Crippen LogP contribution in [0.3, 0.4) is 0 Å². The van der Waals surface area contributed by atoms with Gasteiger partial charge >= 0.3 is 0 Å². The fraction of sp³-hybridized carbons (Fsp3) is 0.188. The molecule has 0 saturated carbocycles. The van der Waals surface area contributed by atoms with E-state index in [0.717, 1.165) is 11.1 Å². The molecule has 2 aromatic rings. The Bertz CT molecular complexity index is 641. The monoisotopic (exact) mass is 286 g/mol. The first-order valence-electron chi connectivity index (χ1n) is 6.57. The summed E-state index contributed by atoms with van der Waals surface area (Å²) >= 11 is 0. The van der Waals surface area contributed by atoms with E-state index in [1.165, 1.54) is 0 Å². The first kappa shape index (κ1) is 14.9. The maximum absolute atomic E-state index is 11.8. The van der Waals surface area contributed by atoms with Gasteiger partial charge in [0.2, 0.25) is 0 Å². The fourth-order valence-electron chi connectivity index (χ4n) is 1.86. The summed E-state index contributed by atoms with van der Waals surface area (Å²) in [6.45, 7) is 1.74. The van der Waals surface area contributed by atoms with Gasteiger partial charge in [0.15, 0.2) is 6.61 Å². The van der Waals surface area contributed by atoms with Crippen molar-refractivity contribution in [3.63, 3.8) is 0 Å². The SMILES string of the molecule is Cc1ccc(NC(=O)COc2cccc(CO)c2)c(N)c1. The third-order valence-corrected chi connectivity index (χ3v) is 2.93. The minimum Gasteiger partial charge on any atom is -0.484 e. The highest BCUT2D eigenvalue weighted by molar-refractivity contribution is 5.94. The summed E-state index contributed by atoms with van der Waals surface area (Å²) in [6.07, 6.45) is 0. The van der Waals surface area contributed by atoms with E-state index in [1.54, 1.807) is 36.4 Å². The van der Waals surface area contributed by atoms with Gasteiger partial charge in [0.25, 0.3) is 5.91 Å². The van der Waals surface area contributed by atoms with Crippen molar-refractivity contribution >= 4 is 17.3 Å². The van der Waals surface area contributed by atoms with E-state index >= 15 is 0 Å². The number of hydrogen-bond acceptors (Lipinski definition) is 4. The van der Waals surface area contributed by atoms with Crippen LogP contribution in [0, 0.1) is 6.92 Å². The van der Waals surface area contributed by atoms with Crippen LogP contribution in [0.15, 0.2) is 42.5 Å². The number of aryl methyl sites for hydroxylation is 1. The molecule has 2 aromatic carbocycles. The number of nitrogens with two attached hydrogens (primary N) is 1. The quantitative estimate of drug-likeness (QED) is 0.735. The van der Waals surface area contributed by atoms with Crippen LogP contribution in [-0.4, -0.2) is 17.6 Å². The number of nitrogen functional groups attached to an aromatic ring is 1. The predicted octanol–water partition coefficient (Wildman–Crippen LogP) is 2.09. The molecule has 5 heteroatoms. The van der Waals surface area contributed by atoms with E-state index < -0.39 is 0 Å². The molecule has 0 fully saturated rings. The number of amides is 1. The molecular weight excluding hydrogens is 268 g/mol. The topological polar surface area (TPSA) is 84.6 Å². The fourth-order valence-corrected chi connectivity index (χ4v) is 1.86. The van der Waals surface area contributed by atoms with Gasteiger partial charge in [-0.15, -0.1) is 0 Å². The minimum atomic E-state index is -0.292. The number of nitrogens with one attached hydrogen (secondary N) is 1. The number of anilines is 2. The molecule has 0 saturated heterocycles. The van der Waals surface area contributed by atoms with Crippen molar-refractivity contribution in [2.75, 3.05) is 17.7 Å². The number of hydrogen-bond donors (Lipinski definition) is 3. The average Bonchev–Trinajstić information content (AvgIpc) is 2.48. The molecule has 21 heavy (non-hydrogen) atoms. The van der Waals surface area contributed by atoms with E-state index in [2.05, 4.69) is 5.32 Å². The second-order valence-corrected chi connectivity index (χ2v) is 4.73. The van der Waals surface area contributed by atoms with Crippen molar-refractivity contribution in [1.82, 2.24) is 0 Å². The largest absolute Gasteiger partial charge is 0.484 e. The van der Waals surface area contributed by atoms with Crippen molar-refractivity contribution in [2.45, 2.75) is 13.5 Å². The Morgan fingerprint density at radius 3 is 2.81 bits per heavy atom. The first-order chi connectivity index (χ1) is 10.1. The zero-order valence-corrected chi connectivity index (χ0v) is 11.8. The number of carbonyl (C=O) groups excluding carboxylic acids is 1. The summed E-state index contributed by atoms with van der Waals surface area (Å²) in [7, 11) is 0. The molecule has 0 aliphatic heterocycles. The highest BCUT2D eigenvalue weighted by Gasteiger charge is 2.06. The van der Waals surface area contributed by atoms with Gasteiger partial charge in [-0.05, 0) is 42.3 Å². The third-order valence-electron chi connectivity index (χ3n) is 2.93. The van der Waals surface area contributed by atoms with Crippen LogP contribution in [0.1, 0.15) is 11.1 Å². The van der Waals surface area contributed by atoms with Gasteiger partial charge in [0.1, 0.15) is 5.75 Å². The first-order valence-corrected chi connectivity index (χ1v) is 6.57. The number of aliphatic hydroxyl groups is 1. The predicted molar refractivity (Wildman–Crippen MR) is 82.1 cm³/mol. The molecule has 110 valence electrons. The summed E-state index contributed by atoms with van der Waals surface area (Å²) in [5, 5.41) is 11.7. The minimum absolute atomic E-state index is 0.0662. The summed E-state index contributed by atoms with van der Waals surface area (Å²) in [6, 6.07) is 12.4. The normalized spacial score (nSPS) is 10.2. The number of carbonyl (C=O) groups is 1. The molecule has 0 radical (unpaired) electrons. The van der Waals surface area contributed by atoms with E-state index in [4.69, 9.17) is 15.6 Å². The second kappa shape index (κ2) is 6.76. The van der Waals surface area contributed by atoms with Gasteiger partial charge in [-0.3, -0.25) is 4.79 Å². The lowest BCUT2D eigenvalue weighted by atomic mass is 10.2. The van der Waals surface area contributed by atoms with Crippen LogP contribution < -0.4 is 15.8 Å². The lowest BCUT2D eigenvalue weighted by Crippen LogP contribution is -2.20. The summed E-state index contributed by atoms with van der Waals surface area (Å²) in [5.41, 5.74) is 8.68. The van der Waals surface area contributed by atoms with Crippen molar-refractivity contribution in [3.8, 4) is 5.75 Å². The van der Waals surface area contributed by atoms with E-state index in [1.807, 2.05) is 13.0 Å². The molecule has 0 aliphatic carbocycles. The maximum atomic E-state index is 11.8. The second-order valence-electron chi connectivity index (χ2n) is 4.73. The van der Waals surface area contributed by atoms with E-state index in [-0.39, 0.29) is 19.1 Å².